The third-order valence-corrected chi connectivity index (χ3v) is 2.35. The van der Waals surface area contributed by atoms with Crippen LogP contribution in [0.2, 0.25) is 0 Å². The van der Waals surface area contributed by atoms with Gasteiger partial charge in [0.1, 0.15) is 6.04 Å². The molecule has 0 radical (unpaired) electrons. The lowest BCUT2D eigenvalue weighted by molar-refractivity contribution is -0.139. The van der Waals surface area contributed by atoms with E-state index in [0.29, 0.717) is 18.9 Å². The van der Waals surface area contributed by atoms with E-state index in [1.54, 1.807) is 12.5 Å². The van der Waals surface area contributed by atoms with Crippen LogP contribution < -0.4 is 5.32 Å². The van der Waals surface area contributed by atoms with Crippen molar-refractivity contribution in [3.8, 4) is 0 Å². The molecule has 108 valence electrons. The molecule has 0 amide bonds. The van der Waals surface area contributed by atoms with Crippen LogP contribution in [0.4, 0.5) is 0 Å². The second kappa shape index (κ2) is 10.1. The molecule has 19 heavy (non-hydrogen) atoms. The van der Waals surface area contributed by atoms with Crippen molar-refractivity contribution in [2.24, 2.45) is 5.92 Å². The Morgan fingerprint density at radius 1 is 1.58 bits per heavy atom. The van der Waals surface area contributed by atoms with Crippen LogP contribution in [0.3, 0.4) is 0 Å². The summed E-state index contributed by atoms with van der Waals surface area (Å²) < 4.78 is 0. The van der Waals surface area contributed by atoms with Crippen LogP contribution >= 0.6 is 0 Å². The summed E-state index contributed by atoms with van der Waals surface area (Å²) in [5, 5.41) is 18.9. The van der Waals surface area contributed by atoms with Gasteiger partial charge in [0.25, 0.3) is 6.47 Å². The summed E-state index contributed by atoms with van der Waals surface area (Å²) in [6.07, 6.45) is 4.79. The minimum absolute atomic E-state index is 0.250. The smallest absolute Gasteiger partial charge is 0.320 e. The molecule has 7 heteroatoms. The number of carboxylic acids is 1. The van der Waals surface area contributed by atoms with Crippen molar-refractivity contribution in [2.75, 3.05) is 6.54 Å². The van der Waals surface area contributed by atoms with E-state index in [1.165, 1.54) is 0 Å². The summed E-state index contributed by atoms with van der Waals surface area (Å²) in [6.45, 7) is 4.44. The minimum Gasteiger partial charge on any atom is -0.483 e. The molecule has 0 saturated carbocycles. The van der Waals surface area contributed by atoms with Crippen LogP contribution in [0.5, 0.6) is 0 Å². The fourth-order valence-electron chi connectivity index (χ4n) is 1.55. The van der Waals surface area contributed by atoms with Crippen LogP contribution in [0.15, 0.2) is 12.5 Å². The summed E-state index contributed by atoms with van der Waals surface area (Å²) in [4.78, 5) is 26.2. The van der Waals surface area contributed by atoms with Gasteiger partial charge in [0, 0.05) is 24.9 Å². The van der Waals surface area contributed by atoms with Gasteiger partial charge in [-0.3, -0.25) is 9.59 Å². The third-order valence-electron chi connectivity index (χ3n) is 2.35. The third kappa shape index (κ3) is 8.78. The molecule has 4 N–H and O–H groups in total. The highest BCUT2D eigenvalue weighted by Crippen LogP contribution is 2.05. The highest BCUT2D eigenvalue weighted by atomic mass is 16.4. The number of aromatic amines is 1. The van der Waals surface area contributed by atoms with Gasteiger partial charge in [-0.25, -0.2) is 4.98 Å². The highest BCUT2D eigenvalue weighted by Gasteiger charge is 2.17. The van der Waals surface area contributed by atoms with E-state index in [4.69, 9.17) is 15.0 Å². The molecule has 0 aliphatic heterocycles. The van der Waals surface area contributed by atoms with Crippen LogP contribution in [0.1, 0.15) is 26.0 Å². The van der Waals surface area contributed by atoms with Crippen LogP contribution in [0, 0.1) is 5.92 Å². The Labute approximate surface area is 112 Å². The minimum atomic E-state index is -0.779. The average Bonchev–Trinajstić information content (AvgIpc) is 2.81. The first-order chi connectivity index (χ1) is 9.01. The van der Waals surface area contributed by atoms with Crippen LogP contribution in [0.25, 0.3) is 0 Å². The molecule has 1 unspecified atom stereocenters. The van der Waals surface area contributed by atoms with Gasteiger partial charge < -0.3 is 20.5 Å². The van der Waals surface area contributed by atoms with Crippen molar-refractivity contribution in [2.45, 2.75) is 32.7 Å². The second-order valence-corrected chi connectivity index (χ2v) is 4.41. The summed E-state index contributed by atoms with van der Waals surface area (Å²) in [5.74, 6) is -0.404. The first-order valence-electron chi connectivity index (χ1n) is 6.02. The van der Waals surface area contributed by atoms with E-state index in [0.717, 1.165) is 12.1 Å². The number of nitrogens with zero attached hydrogens (tertiary/aromatic N) is 1. The number of carboxylic acid groups (broad SMARTS) is 2. The Balaban J connectivity index is 0.000000982. The van der Waals surface area contributed by atoms with Gasteiger partial charge in [0.15, 0.2) is 0 Å². The molecule has 0 spiro atoms. The standard InChI is InChI=1S/C11H19N3O2.CH2O2/c1-8(2)5-10(11(15)16)13-4-3-9-6-12-7-14-9;2-1-3/h6-8,10,13H,3-5H2,1-2H3,(H,12,14)(H,15,16);1H,(H,2,3). The number of hydrogen-bond acceptors (Lipinski definition) is 4. The van der Waals surface area contributed by atoms with Crippen molar-refractivity contribution in [3.05, 3.63) is 18.2 Å². The van der Waals surface area contributed by atoms with E-state index >= 15 is 0 Å². The topological polar surface area (TPSA) is 115 Å². The van der Waals surface area contributed by atoms with E-state index in [1.807, 2.05) is 13.8 Å². The summed E-state index contributed by atoms with van der Waals surface area (Å²) in [7, 11) is 0. The highest BCUT2D eigenvalue weighted by molar-refractivity contribution is 5.73. The van der Waals surface area contributed by atoms with E-state index in [-0.39, 0.29) is 6.47 Å². The molecular formula is C12H21N3O4. The molecule has 1 atom stereocenters. The Hall–Kier alpha value is -1.89. The molecule has 0 aliphatic rings. The number of hydrogen-bond donors (Lipinski definition) is 4. The molecule has 0 bridgehead atoms. The Morgan fingerprint density at radius 3 is 2.63 bits per heavy atom. The Kier molecular flexibility index (Phi) is 9.07. The molecule has 0 saturated heterocycles. The van der Waals surface area contributed by atoms with Crippen molar-refractivity contribution in [1.29, 1.82) is 0 Å². The summed E-state index contributed by atoms with van der Waals surface area (Å²) in [6, 6.07) is -0.456. The maximum absolute atomic E-state index is 10.9. The van der Waals surface area contributed by atoms with Crippen molar-refractivity contribution in [1.82, 2.24) is 15.3 Å². The number of nitrogens with one attached hydrogen (secondary N) is 2. The number of H-pyrrole nitrogens is 1. The molecule has 1 aromatic heterocycles. The van der Waals surface area contributed by atoms with Crippen molar-refractivity contribution in [3.63, 3.8) is 0 Å². The maximum Gasteiger partial charge on any atom is 0.320 e. The molecule has 7 nitrogen and oxygen atoms in total. The Morgan fingerprint density at radius 2 is 2.21 bits per heavy atom. The predicted octanol–water partition coefficient (Wildman–Crippen LogP) is 0.742. The van der Waals surface area contributed by atoms with E-state index in [9.17, 15) is 4.79 Å². The van der Waals surface area contributed by atoms with Crippen molar-refractivity contribution < 1.29 is 19.8 Å². The van der Waals surface area contributed by atoms with Crippen LogP contribution in [-0.2, 0) is 16.0 Å². The molecule has 1 heterocycles. The molecule has 0 fully saturated rings. The Bertz CT molecular complexity index is 352. The lowest BCUT2D eigenvalue weighted by Crippen LogP contribution is -2.38. The number of aromatic nitrogens is 2. The van der Waals surface area contributed by atoms with Crippen LogP contribution in [-0.4, -0.2) is 45.2 Å². The fourth-order valence-corrected chi connectivity index (χ4v) is 1.55. The molecule has 0 aromatic carbocycles. The predicted molar refractivity (Wildman–Crippen MR) is 69.9 cm³/mol. The molecule has 1 rings (SSSR count). The zero-order chi connectivity index (χ0) is 14.7. The van der Waals surface area contributed by atoms with Crippen molar-refractivity contribution >= 4 is 12.4 Å². The SMILES string of the molecule is CC(C)CC(NCCc1cnc[nH]1)C(=O)O.O=CO. The number of rotatable bonds is 7. The lowest BCUT2D eigenvalue weighted by Gasteiger charge is -2.15. The number of carbonyl (C=O) groups is 2. The van der Waals surface area contributed by atoms with Gasteiger partial charge in [-0.15, -0.1) is 0 Å². The van der Waals surface area contributed by atoms with E-state index in [2.05, 4.69) is 15.3 Å². The number of aliphatic carboxylic acids is 1. The number of imidazole rings is 1. The van der Waals surface area contributed by atoms with Gasteiger partial charge in [-0.1, -0.05) is 13.8 Å². The maximum atomic E-state index is 10.9. The average molecular weight is 271 g/mol. The largest absolute Gasteiger partial charge is 0.483 e. The fraction of sp³-hybridized carbons (Fsp3) is 0.583. The zero-order valence-electron chi connectivity index (χ0n) is 11.2. The van der Waals surface area contributed by atoms with Gasteiger partial charge >= 0.3 is 5.97 Å². The van der Waals surface area contributed by atoms with Gasteiger partial charge in [0.2, 0.25) is 0 Å². The quantitative estimate of drug-likeness (QED) is 0.544. The zero-order valence-corrected chi connectivity index (χ0v) is 11.2. The normalized spacial score (nSPS) is 11.5. The summed E-state index contributed by atoms with van der Waals surface area (Å²) >= 11 is 0. The molecule has 1 aromatic rings. The lowest BCUT2D eigenvalue weighted by atomic mass is 10.0. The second-order valence-electron chi connectivity index (χ2n) is 4.41. The summed E-state index contributed by atoms with van der Waals surface area (Å²) in [5.41, 5.74) is 1.01. The van der Waals surface area contributed by atoms with Gasteiger partial charge in [-0.05, 0) is 12.3 Å². The molecule has 0 aliphatic carbocycles. The van der Waals surface area contributed by atoms with E-state index < -0.39 is 12.0 Å². The van der Waals surface area contributed by atoms with Gasteiger partial charge in [0.05, 0.1) is 6.33 Å². The first kappa shape index (κ1) is 17.1. The monoisotopic (exact) mass is 271 g/mol. The van der Waals surface area contributed by atoms with Gasteiger partial charge in [-0.2, -0.15) is 0 Å². The molecular weight excluding hydrogens is 250 g/mol. The first-order valence-corrected chi connectivity index (χ1v) is 6.02.